The van der Waals surface area contributed by atoms with Gasteiger partial charge in [0.1, 0.15) is 12.1 Å². The van der Waals surface area contributed by atoms with Gasteiger partial charge in [-0.05, 0) is 47.4 Å². The second-order valence-corrected chi connectivity index (χ2v) is 9.64. The molecule has 1 fully saturated rings. The summed E-state index contributed by atoms with van der Waals surface area (Å²) >= 11 is 3.52. The zero-order chi connectivity index (χ0) is 24.4. The molecule has 0 radical (unpaired) electrons. The van der Waals surface area contributed by atoms with Crippen molar-refractivity contribution in [2.45, 2.75) is 31.2 Å². The molecule has 3 N–H and O–H groups in total. The lowest BCUT2D eigenvalue weighted by molar-refractivity contribution is -0.0345. The fourth-order valence-electron chi connectivity index (χ4n) is 4.80. The van der Waals surface area contributed by atoms with Crippen molar-refractivity contribution in [3.63, 3.8) is 0 Å². The number of likely N-dealkylation sites (tertiary alicyclic amines) is 1. The molecule has 5 rings (SSSR count). The lowest BCUT2D eigenvalue weighted by Gasteiger charge is -2.34. The Balaban J connectivity index is 1.40. The average molecular weight is 535 g/mol. The summed E-state index contributed by atoms with van der Waals surface area (Å²) in [6, 6.07) is 21.3. The standard InChI is InChI=1S/C27H27BrN4O3/c1-35-27(34)31-24(17-6-3-2-4-7-17)26(33)32-13-5-8-23(32)25-29-16-22(30-25)20-10-9-19-15-21(28)12-11-18(19)14-20/h2-4,6-7,9-12,14-16,23-24,26,33H,5,8,13H2,1H3,(H,29,30)(H,31,34)/t23-,24+,26?/m0/s1. The van der Waals surface area contributed by atoms with Gasteiger partial charge in [-0.2, -0.15) is 0 Å². The molecule has 0 aliphatic carbocycles. The number of methoxy groups -OCH3 is 1. The maximum atomic E-state index is 12.1. The van der Waals surface area contributed by atoms with Gasteiger partial charge in [0, 0.05) is 16.6 Å². The molecule has 180 valence electrons. The molecule has 3 atom stereocenters. The van der Waals surface area contributed by atoms with Crippen LogP contribution in [0.3, 0.4) is 0 Å². The van der Waals surface area contributed by atoms with E-state index in [4.69, 9.17) is 4.74 Å². The lowest BCUT2D eigenvalue weighted by Crippen LogP contribution is -2.46. The first kappa shape index (κ1) is 23.5. The van der Waals surface area contributed by atoms with Crippen molar-refractivity contribution >= 4 is 32.8 Å². The Hall–Kier alpha value is -3.20. The fourth-order valence-corrected chi connectivity index (χ4v) is 5.18. The number of alkyl carbamates (subject to hydrolysis) is 1. The SMILES string of the molecule is COC(=O)N[C@H](c1ccccc1)C(O)N1CCC[C@H]1c1ncc(-c2ccc3cc(Br)ccc3c2)[nH]1. The third-order valence-corrected chi connectivity index (χ3v) is 7.07. The van der Waals surface area contributed by atoms with Crippen molar-refractivity contribution in [1.29, 1.82) is 0 Å². The first-order valence-electron chi connectivity index (χ1n) is 11.6. The Morgan fingerprint density at radius 1 is 1.17 bits per heavy atom. The van der Waals surface area contributed by atoms with Gasteiger partial charge in [0.2, 0.25) is 0 Å². The van der Waals surface area contributed by atoms with Gasteiger partial charge in [-0.1, -0.05) is 64.5 Å². The zero-order valence-corrected chi connectivity index (χ0v) is 20.9. The summed E-state index contributed by atoms with van der Waals surface area (Å²) in [5.74, 6) is 0.803. The predicted octanol–water partition coefficient (Wildman–Crippen LogP) is 5.55. The molecule has 8 heteroatoms. The average Bonchev–Trinajstić information content (AvgIpc) is 3.57. The summed E-state index contributed by atoms with van der Waals surface area (Å²) in [5.41, 5.74) is 2.79. The van der Waals surface area contributed by atoms with Crippen LogP contribution in [-0.4, -0.2) is 46.0 Å². The van der Waals surface area contributed by atoms with E-state index in [9.17, 15) is 9.90 Å². The highest BCUT2D eigenvalue weighted by Gasteiger charge is 2.37. The number of ether oxygens (including phenoxy) is 1. The molecule has 35 heavy (non-hydrogen) atoms. The largest absolute Gasteiger partial charge is 0.453 e. The number of nitrogens with zero attached hydrogens (tertiary/aromatic N) is 2. The van der Waals surface area contributed by atoms with Crippen molar-refractivity contribution in [2.75, 3.05) is 13.7 Å². The van der Waals surface area contributed by atoms with Gasteiger partial charge in [0.05, 0.1) is 31.1 Å². The molecule has 0 bridgehead atoms. The van der Waals surface area contributed by atoms with E-state index in [1.54, 1.807) is 0 Å². The minimum Gasteiger partial charge on any atom is -0.453 e. The lowest BCUT2D eigenvalue weighted by atomic mass is 10.0. The smallest absolute Gasteiger partial charge is 0.407 e. The van der Waals surface area contributed by atoms with Crippen molar-refractivity contribution in [2.24, 2.45) is 0 Å². The number of imidazole rings is 1. The van der Waals surface area contributed by atoms with Crippen LogP contribution in [-0.2, 0) is 4.74 Å². The van der Waals surface area contributed by atoms with E-state index in [0.717, 1.165) is 50.7 Å². The molecule has 0 spiro atoms. The molecular weight excluding hydrogens is 508 g/mol. The van der Waals surface area contributed by atoms with Crippen molar-refractivity contribution in [3.05, 3.63) is 88.8 Å². The number of hydrogen-bond acceptors (Lipinski definition) is 5. The van der Waals surface area contributed by atoms with E-state index >= 15 is 0 Å². The number of amides is 1. The molecule has 1 aliphatic heterocycles. The second-order valence-electron chi connectivity index (χ2n) is 8.72. The van der Waals surface area contributed by atoms with Gasteiger partial charge >= 0.3 is 6.09 Å². The van der Waals surface area contributed by atoms with E-state index in [1.165, 1.54) is 7.11 Å². The summed E-state index contributed by atoms with van der Waals surface area (Å²) in [6.45, 7) is 0.693. The molecule has 1 unspecified atom stereocenters. The van der Waals surface area contributed by atoms with Gasteiger partial charge < -0.3 is 20.1 Å². The Morgan fingerprint density at radius 2 is 1.94 bits per heavy atom. The summed E-state index contributed by atoms with van der Waals surface area (Å²) in [7, 11) is 1.32. The number of aliphatic hydroxyl groups excluding tert-OH is 1. The van der Waals surface area contributed by atoms with Gasteiger partial charge in [-0.25, -0.2) is 9.78 Å². The first-order chi connectivity index (χ1) is 17.0. The second kappa shape index (κ2) is 10.2. The van der Waals surface area contributed by atoms with Crippen molar-refractivity contribution in [1.82, 2.24) is 20.2 Å². The number of aromatic amines is 1. The number of fused-ring (bicyclic) bond motifs is 1. The first-order valence-corrected chi connectivity index (χ1v) is 12.4. The van der Waals surface area contributed by atoms with Gasteiger partial charge in [-0.3, -0.25) is 4.90 Å². The molecule has 1 aliphatic rings. The van der Waals surface area contributed by atoms with Gasteiger partial charge in [-0.15, -0.1) is 0 Å². The highest BCUT2D eigenvalue weighted by Crippen LogP contribution is 2.36. The minimum absolute atomic E-state index is 0.0965. The van der Waals surface area contributed by atoms with Crippen LogP contribution in [0.5, 0.6) is 0 Å². The van der Waals surface area contributed by atoms with Crippen LogP contribution >= 0.6 is 15.9 Å². The van der Waals surface area contributed by atoms with Crippen molar-refractivity contribution in [3.8, 4) is 11.3 Å². The van der Waals surface area contributed by atoms with E-state index in [1.807, 2.05) is 47.5 Å². The number of halogens is 1. The Kier molecular flexibility index (Phi) is 6.86. The molecule has 7 nitrogen and oxygen atoms in total. The third-order valence-electron chi connectivity index (χ3n) is 6.57. The highest BCUT2D eigenvalue weighted by molar-refractivity contribution is 9.10. The van der Waals surface area contributed by atoms with Crippen LogP contribution in [0.2, 0.25) is 0 Å². The normalized spacial score (nSPS) is 17.9. The maximum Gasteiger partial charge on any atom is 0.407 e. The number of carbonyl (C=O) groups excluding carboxylic acids is 1. The molecule has 1 amide bonds. The summed E-state index contributed by atoms with van der Waals surface area (Å²) in [5, 5.41) is 16.5. The van der Waals surface area contributed by atoms with Crippen LogP contribution in [0.15, 0.2) is 77.4 Å². The zero-order valence-electron chi connectivity index (χ0n) is 19.3. The van der Waals surface area contributed by atoms with Gasteiger partial charge in [0.15, 0.2) is 0 Å². The monoisotopic (exact) mass is 534 g/mol. The van der Waals surface area contributed by atoms with E-state index in [-0.39, 0.29) is 6.04 Å². The molecule has 1 saturated heterocycles. The molecular formula is C27H27BrN4O3. The molecule has 4 aromatic rings. The Labute approximate surface area is 212 Å². The minimum atomic E-state index is -0.948. The number of carbonyl (C=O) groups is 1. The maximum absolute atomic E-state index is 12.1. The Morgan fingerprint density at radius 3 is 2.74 bits per heavy atom. The quantitative estimate of drug-likeness (QED) is 0.302. The number of benzene rings is 3. The number of aliphatic hydroxyl groups is 1. The number of rotatable bonds is 6. The number of H-pyrrole nitrogens is 1. The summed E-state index contributed by atoms with van der Waals surface area (Å²) in [6.07, 6.45) is 2.09. The summed E-state index contributed by atoms with van der Waals surface area (Å²) < 4.78 is 5.87. The van der Waals surface area contributed by atoms with E-state index in [0.29, 0.717) is 6.54 Å². The van der Waals surface area contributed by atoms with Crippen LogP contribution in [0.4, 0.5) is 4.79 Å². The third kappa shape index (κ3) is 4.96. The molecule has 2 heterocycles. The van der Waals surface area contributed by atoms with Crippen LogP contribution in [0.25, 0.3) is 22.0 Å². The Bertz CT molecular complexity index is 1330. The molecule has 1 aromatic heterocycles. The number of aromatic nitrogens is 2. The van der Waals surface area contributed by atoms with Crippen LogP contribution in [0, 0.1) is 0 Å². The van der Waals surface area contributed by atoms with Gasteiger partial charge in [0.25, 0.3) is 0 Å². The topological polar surface area (TPSA) is 90.5 Å². The number of hydrogen-bond donors (Lipinski definition) is 3. The van der Waals surface area contributed by atoms with Crippen molar-refractivity contribution < 1.29 is 14.6 Å². The number of nitrogens with one attached hydrogen (secondary N) is 2. The van der Waals surface area contributed by atoms with Crippen LogP contribution in [0.1, 0.15) is 36.3 Å². The molecule has 0 saturated carbocycles. The molecule has 3 aromatic carbocycles. The predicted molar refractivity (Wildman–Crippen MR) is 139 cm³/mol. The fraction of sp³-hybridized carbons (Fsp3) is 0.259. The van der Waals surface area contributed by atoms with E-state index in [2.05, 4.69) is 61.5 Å². The van der Waals surface area contributed by atoms with Crippen LogP contribution < -0.4 is 5.32 Å². The summed E-state index contributed by atoms with van der Waals surface area (Å²) in [4.78, 5) is 22.2. The highest BCUT2D eigenvalue weighted by atomic mass is 79.9. The van der Waals surface area contributed by atoms with E-state index < -0.39 is 18.4 Å².